The van der Waals surface area contributed by atoms with Crippen LogP contribution in [0, 0.1) is 5.92 Å². The molecule has 1 aromatic heterocycles. The molecule has 1 aromatic rings. The summed E-state index contributed by atoms with van der Waals surface area (Å²) in [5.41, 5.74) is 0. The molecule has 2 nitrogen and oxygen atoms in total. The summed E-state index contributed by atoms with van der Waals surface area (Å²) in [5.74, 6) is 0.795. The molecule has 1 N–H and O–H groups in total. The highest BCUT2D eigenvalue weighted by Crippen LogP contribution is 2.08. The lowest BCUT2D eigenvalue weighted by molar-refractivity contribution is 0.237. The van der Waals surface area contributed by atoms with E-state index in [1.807, 2.05) is 11.3 Å². The Morgan fingerprint density at radius 3 is 2.71 bits per heavy atom. The summed E-state index contributed by atoms with van der Waals surface area (Å²) in [6.07, 6.45) is 1.28. The third kappa shape index (κ3) is 6.20. The molecule has 0 saturated carbocycles. The standard InChI is InChI=1S/C14H26N2S/c1-12(2)7-8-16(4)13(3)10-15-11-14-6-5-9-17-14/h5-6,9,12-13,15H,7-8,10-11H2,1-4H3. The van der Waals surface area contributed by atoms with Crippen molar-refractivity contribution in [1.82, 2.24) is 10.2 Å². The number of nitrogens with one attached hydrogen (secondary N) is 1. The Kier molecular flexibility index (Phi) is 6.78. The predicted octanol–water partition coefficient (Wildman–Crippen LogP) is 3.20. The Labute approximate surface area is 110 Å². The molecule has 0 aliphatic carbocycles. The van der Waals surface area contributed by atoms with Gasteiger partial charge in [0, 0.05) is 24.0 Å². The summed E-state index contributed by atoms with van der Waals surface area (Å²) in [4.78, 5) is 3.86. The van der Waals surface area contributed by atoms with E-state index < -0.39 is 0 Å². The fourth-order valence-corrected chi connectivity index (χ4v) is 2.33. The number of rotatable bonds is 8. The first kappa shape index (κ1) is 14.7. The quantitative estimate of drug-likeness (QED) is 0.766. The fraction of sp³-hybridized carbons (Fsp3) is 0.714. The maximum atomic E-state index is 3.52. The van der Waals surface area contributed by atoms with Crippen molar-refractivity contribution in [2.75, 3.05) is 20.1 Å². The lowest BCUT2D eigenvalue weighted by Gasteiger charge is -2.25. The third-order valence-corrected chi connectivity index (χ3v) is 4.01. The first-order valence-electron chi connectivity index (χ1n) is 6.53. The summed E-state index contributed by atoms with van der Waals surface area (Å²) in [6.45, 7) is 10.1. The highest BCUT2D eigenvalue weighted by molar-refractivity contribution is 7.09. The average Bonchev–Trinajstić information content (AvgIpc) is 2.78. The molecule has 0 aromatic carbocycles. The molecule has 17 heavy (non-hydrogen) atoms. The molecule has 0 radical (unpaired) electrons. The van der Waals surface area contributed by atoms with Crippen LogP contribution in [0.1, 0.15) is 32.1 Å². The molecular weight excluding hydrogens is 228 g/mol. The van der Waals surface area contributed by atoms with Gasteiger partial charge in [-0.15, -0.1) is 11.3 Å². The lowest BCUT2D eigenvalue weighted by atomic mass is 10.1. The number of hydrogen-bond donors (Lipinski definition) is 1. The molecule has 3 heteroatoms. The average molecular weight is 254 g/mol. The van der Waals surface area contributed by atoms with E-state index in [2.05, 4.69) is 55.5 Å². The Hall–Kier alpha value is -0.380. The zero-order valence-corrected chi connectivity index (χ0v) is 12.4. The Bertz CT molecular complexity index is 282. The van der Waals surface area contributed by atoms with Crippen LogP contribution in [0.3, 0.4) is 0 Å². The highest BCUT2D eigenvalue weighted by atomic mass is 32.1. The van der Waals surface area contributed by atoms with Gasteiger partial charge in [0.15, 0.2) is 0 Å². The molecule has 0 saturated heterocycles. The summed E-state index contributed by atoms with van der Waals surface area (Å²) in [6, 6.07) is 4.90. The molecule has 0 aliphatic heterocycles. The molecular formula is C14H26N2S. The van der Waals surface area contributed by atoms with Crippen molar-refractivity contribution in [3.05, 3.63) is 22.4 Å². The molecule has 0 fully saturated rings. The Morgan fingerprint density at radius 2 is 2.12 bits per heavy atom. The minimum absolute atomic E-state index is 0.605. The number of likely N-dealkylation sites (N-methyl/N-ethyl adjacent to an activating group) is 1. The summed E-state index contributed by atoms with van der Waals surface area (Å²) >= 11 is 1.82. The van der Waals surface area contributed by atoms with Crippen molar-refractivity contribution in [2.45, 2.75) is 39.8 Å². The second-order valence-corrected chi connectivity index (χ2v) is 6.25. The molecule has 0 spiro atoms. The van der Waals surface area contributed by atoms with Gasteiger partial charge < -0.3 is 10.2 Å². The van der Waals surface area contributed by atoms with Crippen molar-refractivity contribution < 1.29 is 0 Å². The molecule has 0 amide bonds. The molecule has 0 aliphatic rings. The van der Waals surface area contributed by atoms with E-state index in [0.29, 0.717) is 6.04 Å². The van der Waals surface area contributed by atoms with E-state index in [-0.39, 0.29) is 0 Å². The molecule has 1 atom stereocenters. The molecule has 1 unspecified atom stereocenters. The Morgan fingerprint density at radius 1 is 1.35 bits per heavy atom. The molecule has 98 valence electrons. The monoisotopic (exact) mass is 254 g/mol. The van der Waals surface area contributed by atoms with Crippen LogP contribution in [0.5, 0.6) is 0 Å². The van der Waals surface area contributed by atoms with Crippen LogP contribution >= 0.6 is 11.3 Å². The van der Waals surface area contributed by atoms with E-state index in [4.69, 9.17) is 0 Å². The number of nitrogens with zero attached hydrogens (tertiary/aromatic N) is 1. The molecule has 1 rings (SSSR count). The van der Waals surface area contributed by atoms with E-state index >= 15 is 0 Å². The van der Waals surface area contributed by atoms with Gasteiger partial charge in [0.25, 0.3) is 0 Å². The SMILES string of the molecule is CC(C)CCN(C)C(C)CNCc1cccs1. The van der Waals surface area contributed by atoms with Crippen LogP contribution in [-0.2, 0) is 6.54 Å². The van der Waals surface area contributed by atoms with Gasteiger partial charge >= 0.3 is 0 Å². The van der Waals surface area contributed by atoms with Crippen LogP contribution in [0.25, 0.3) is 0 Å². The second kappa shape index (κ2) is 7.85. The zero-order chi connectivity index (χ0) is 12.7. The van der Waals surface area contributed by atoms with Crippen LogP contribution in [0.15, 0.2) is 17.5 Å². The number of thiophene rings is 1. The van der Waals surface area contributed by atoms with Crippen molar-refractivity contribution in [1.29, 1.82) is 0 Å². The lowest BCUT2D eigenvalue weighted by Crippen LogP contribution is -2.38. The maximum Gasteiger partial charge on any atom is 0.0300 e. The first-order chi connectivity index (χ1) is 8.09. The summed E-state index contributed by atoms with van der Waals surface area (Å²) in [7, 11) is 2.22. The summed E-state index contributed by atoms with van der Waals surface area (Å²) < 4.78 is 0. The fourth-order valence-electron chi connectivity index (χ4n) is 1.66. The molecule has 0 bridgehead atoms. The van der Waals surface area contributed by atoms with E-state index in [1.54, 1.807) is 0 Å². The van der Waals surface area contributed by atoms with Crippen LogP contribution in [-0.4, -0.2) is 31.1 Å². The van der Waals surface area contributed by atoms with Crippen molar-refractivity contribution in [3.63, 3.8) is 0 Å². The normalized spacial score (nSPS) is 13.5. The van der Waals surface area contributed by atoms with Gasteiger partial charge in [0.2, 0.25) is 0 Å². The van der Waals surface area contributed by atoms with Gasteiger partial charge in [-0.3, -0.25) is 0 Å². The van der Waals surface area contributed by atoms with Gasteiger partial charge in [0.05, 0.1) is 0 Å². The van der Waals surface area contributed by atoms with Crippen molar-refractivity contribution >= 4 is 11.3 Å². The van der Waals surface area contributed by atoms with Crippen molar-refractivity contribution in [3.8, 4) is 0 Å². The van der Waals surface area contributed by atoms with E-state index in [0.717, 1.165) is 19.0 Å². The largest absolute Gasteiger partial charge is 0.310 e. The number of hydrogen-bond acceptors (Lipinski definition) is 3. The Balaban J connectivity index is 2.13. The minimum Gasteiger partial charge on any atom is -0.310 e. The van der Waals surface area contributed by atoms with Crippen LogP contribution in [0.2, 0.25) is 0 Å². The third-order valence-electron chi connectivity index (χ3n) is 3.13. The minimum atomic E-state index is 0.605. The van der Waals surface area contributed by atoms with Crippen molar-refractivity contribution in [2.24, 2.45) is 5.92 Å². The van der Waals surface area contributed by atoms with Gasteiger partial charge in [-0.2, -0.15) is 0 Å². The van der Waals surface area contributed by atoms with Gasteiger partial charge in [-0.05, 0) is 44.3 Å². The van der Waals surface area contributed by atoms with Gasteiger partial charge in [0.1, 0.15) is 0 Å². The smallest absolute Gasteiger partial charge is 0.0300 e. The van der Waals surface area contributed by atoms with Crippen LogP contribution in [0.4, 0.5) is 0 Å². The maximum absolute atomic E-state index is 3.52. The highest BCUT2D eigenvalue weighted by Gasteiger charge is 2.09. The predicted molar refractivity (Wildman–Crippen MR) is 77.6 cm³/mol. The van der Waals surface area contributed by atoms with Gasteiger partial charge in [-0.1, -0.05) is 19.9 Å². The first-order valence-corrected chi connectivity index (χ1v) is 7.41. The molecule has 1 heterocycles. The summed E-state index contributed by atoms with van der Waals surface area (Å²) in [5, 5.41) is 5.66. The topological polar surface area (TPSA) is 15.3 Å². The van der Waals surface area contributed by atoms with Gasteiger partial charge in [-0.25, -0.2) is 0 Å². The van der Waals surface area contributed by atoms with E-state index in [1.165, 1.54) is 17.8 Å². The van der Waals surface area contributed by atoms with Crippen LogP contribution < -0.4 is 5.32 Å². The zero-order valence-electron chi connectivity index (χ0n) is 11.6. The second-order valence-electron chi connectivity index (χ2n) is 5.22. The van der Waals surface area contributed by atoms with E-state index in [9.17, 15) is 0 Å².